The summed E-state index contributed by atoms with van der Waals surface area (Å²) in [7, 11) is 0. The zero-order chi connectivity index (χ0) is 18.1. The minimum atomic E-state index is -0.618. The number of aromatic nitrogens is 1. The number of rotatable bonds is 4. The quantitative estimate of drug-likeness (QED) is 0.360. The number of nitrogens with zero attached hydrogens (tertiary/aromatic N) is 2. The average molecular weight is 407 g/mol. The molecule has 1 aromatic heterocycles. The molecule has 0 aliphatic carbocycles. The maximum atomic E-state index is 14.6. The van der Waals surface area contributed by atoms with Crippen LogP contribution in [0.1, 0.15) is 17.3 Å². The van der Waals surface area contributed by atoms with Gasteiger partial charge in [-0.1, -0.05) is 0 Å². The molecule has 0 saturated carbocycles. The Labute approximate surface area is 150 Å². The van der Waals surface area contributed by atoms with Crippen molar-refractivity contribution >= 4 is 38.5 Å². The number of carbonyl (C=O) groups is 1. The number of nitro groups is 1. The molecule has 0 aliphatic rings. The summed E-state index contributed by atoms with van der Waals surface area (Å²) in [4.78, 5) is 22.2. The first-order valence-electron chi connectivity index (χ1n) is 7.34. The molecule has 0 atom stereocenters. The van der Waals surface area contributed by atoms with Crippen LogP contribution in [0.5, 0.6) is 0 Å². The van der Waals surface area contributed by atoms with Gasteiger partial charge in [0.05, 0.1) is 28.3 Å². The average Bonchev–Trinajstić information content (AvgIpc) is 2.99. The van der Waals surface area contributed by atoms with Crippen molar-refractivity contribution in [3.8, 4) is 5.69 Å². The number of nitro benzene ring substituents is 1. The number of fused-ring (bicyclic) bond motifs is 1. The van der Waals surface area contributed by atoms with Crippen molar-refractivity contribution in [1.29, 1.82) is 0 Å². The molecule has 6 nitrogen and oxygen atoms in total. The van der Waals surface area contributed by atoms with Crippen molar-refractivity contribution in [3.05, 3.63) is 68.6 Å². The fraction of sp³-hybridized carbons (Fsp3) is 0.118. The smallest absolute Gasteiger partial charge is 0.339 e. The van der Waals surface area contributed by atoms with Gasteiger partial charge in [-0.25, -0.2) is 9.18 Å². The van der Waals surface area contributed by atoms with Crippen LogP contribution in [0, 0.1) is 15.9 Å². The zero-order valence-corrected chi connectivity index (χ0v) is 14.6. The second kappa shape index (κ2) is 6.64. The lowest BCUT2D eigenvalue weighted by molar-refractivity contribution is -0.384. The molecule has 1 heterocycles. The Bertz CT molecular complexity index is 1000. The SMILES string of the molecule is CCOC(=O)c1cc(F)c(-n2ccc3cc([N+](=O)[O-])ccc32)cc1Br. The predicted molar refractivity (Wildman–Crippen MR) is 93.5 cm³/mol. The van der Waals surface area contributed by atoms with Crippen LogP contribution in [-0.2, 0) is 4.74 Å². The molecule has 0 spiro atoms. The van der Waals surface area contributed by atoms with E-state index >= 15 is 0 Å². The molecular weight excluding hydrogens is 395 g/mol. The van der Waals surface area contributed by atoms with Gasteiger partial charge in [0.15, 0.2) is 0 Å². The summed E-state index contributed by atoms with van der Waals surface area (Å²) in [5.41, 5.74) is 0.879. The van der Waals surface area contributed by atoms with E-state index < -0.39 is 16.7 Å². The minimum absolute atomic E-state index is 0.0374. The first kappa shape index (κ1) is 17.1. The van der Waals surface area contributed by atoms with Gasteiger partial charge in [-0.05, 0) is 47.1 Å². The van der Waals surface area contributed by atoms with Crippen molar-refractivity contribution in [2.24, 2.45) is 0 Å². The summed E-state index contributed by atoms with van der Waals surface area (Å²) in [6.45, 7) is 1.86. The highest BCUT2D eigenvalue weighted by Crippen LogP contribution is 2.29. The Morgan fingerprint density at radius 1 is 1.32 bits per heavy atom. The van der Waals surface area contributed by atoms with Crippen LogP contribution in [0.15, 0.2) is 47.1 Å². The van der Waals surface area contributed by atoms with Gasteiger partial charge in [-0.3, -0.25) is 10.1 Å². The second-order valence-corrected chi connectivity index (χ2v) is 6.04. The maximum absolute atomic E-state index is 14.6. The maximum Gasteiger partial charge on any atom is 0.339 e. The minimum Gasteiger partial charge on any atom is -0.462 e. The van der Waals surface area contributed by atoms with E-state index in [1.165, 1.54) is 18.2 Å². The van der Waals surface area contributed by atoms with Gasteiger partial charge in [0, 0.05) is 28.2 Å². The molecule has 0 unspecified atom stereocenters. The monoisotopic (exact) mass is 406 g/mol. The molecule has 3 aromatic rings. The predicted octanol–water partition coefficient (Wildman–Crippen LogP) is 4.62. The number of halogens is 2. The molecule has 128 valence electrons. The highest BCUT2D eigenvalue weighted by atomic mass is 79.9. The zero-order valence-electron chi connectivity index (χ0n) is 13.0. The molecule has 0 amide bonds. The first-order chi connectivity index (χ1) is 11.9. The number of carbonyl (C=O) groups excluding carboxylic acids is 1. The van der Waals surface area contributed by atoms with Crippen LogP contribution in [0.25, 0.3) is 16.6 Å². The molecule has 0 aliphatic heterocycles. The molecule has 0 fully saturated rings. The largest absolute Gasteiger partial charge is 0.462 e. The summed E-state index contributed by atoms with van der Waals surface area (Å²) in [6.07, 6.45) is 1.61. The fourth-order valence-corrected chi connectivity index (χ4v) is 3.03. The molecular formula is C17H12BrFN2O4. The lowest BCUT2D eigenvalue weighted by Gasteiger charge is -2.11. The van der Waals surface area contributed by atoms with E-state index in [2.05, 4.69) is 15.9 Å². The third-order valence-corrected chi connectivity index (χ3v) is 4.33. The van der Waals surface area contributed by atoms with Crippen molar-refractivity contribution in [2.45, 2.75) is 6.92 Å². The Morgan fingerprint density at radius 2 is 2.08 bits per heavy atom. The van der Waals surface area contributed by atoms with E-state index in [9.17, 15) is 19.3 Å². The Hall–Kier alpha value is -2.74. The lowest BCUT2D eigenvalue weighted by Crippen LogP contribution is -2.07. The summed E-state index contributed by atoms with van der Waals surface area (Å²) < 4.78 is 21.4. The van der Waals surface area contributed by atoms with Gasteiger partial charge >= 0.3 is 5.97 Å². The number of hydrogen-bond donors (Lipinski definition) is 0. The van der Waals surface area contributed by atoms with Gasteiger partial charge in [0.1, 0.15) is 5.82 Å². The number of benzene rings is 2. The van der Waals surface area contributed by atoms with Crippen LogP contribution in [0.4, 0.5) is 10.1 Å². The Morgan fingerprint density at radius 3 is 2.76 bits per heavy atom. The fourth-order valence-electron chi connectivity index (χ4n) is 2.54. The Kier molecular flexibility index (Phi) is 4.54. The van der Waals surface area contributed by atoms with E-state index in [-0.39, 0.29) is 23.5 Å². The molecule has 3 rings (SSSR count). The van der Waals surface area contributed by atoms with Crippen molar-refractivity contribution in [3.63, 3.8) is 0 Å². The van der Waals surface area contributed by atoms with E-state index in [4.69, 9.17) is 4.74 Å². The van der Waals surface area contributed by atoms with Crippen LogP contribution < -0.4 is 0 Å². The third kappa shape index (κ3) is 3.12. The van der Waals surface area contributed by atoms with Crippen LogP contribution in [0.2, 0.25) is 0 Å². The van der Waals surface area contributed by atoms with Crippen LogP contribution in [0.3, 0.4) is 0 Å². The van der Waals surface area contributed by atoms with Crippen molar-refractivity contribution in [1.82, 2.24) is 4.57 Å². The topological polar surface area (TPSA) is 74.4 Å². The first-order valence-corrected chi connectivity index (χ1v) is 8.13. The van der Waals surface area contributed by atoms with E-state index in [0.717, 1.165) is 6.07 Å². The highest BCUT2D eigenvalue weighted by molar-refractivity contribution is 9.10. The molecule has 2 aromatic carbocycles. The van der Waals surface area contributed by atoms with Gasteiger partial charge in [0.2, 0.25) is 0 Å². The third-order valence-electron chi connectivity index (χ3n) is 3.68. The van der Waals surface area contributed by atoms with Crippen LogP contribution in [-0.4, -0.2) is 22.1 Å². The summed E-state index contributed by atoms with van der Waals surface area (Å²) in [5.74, 6) is -1.23. The van der Waals surface area contributed by atoms with Gasteiger partial charge in [-0.15, -0.1) is 0 Å². The highest BCUT2D eigenvalue weighted by Gasteiger charge is 2.18. The molecule has 8 heteroatoms. The van der Waals surface area contributed by atoms with Crippen molar-refractivity contribution in [2.75, 3.05) is 6.61 Å². The van der Waals surface area contributed by atoms with E-state index in [1.54, 1.807) is 29.8 Å². The Balaban J connectivity index is 2.11. The number of non-ortho nitro benzene ring substituents is 1. The van der Waals surface area contributed by atoms with Gasteiger partial charge in [-0.2, -0.15) is 0 Å². The second-order valence-electron chi connectivity index (χ2n) is 5.19. The molecule has 25 heavy (non-hydrogen) atoms. The summed E-state index contributed by atoms with van der Waals surface area (Å²) >= 11 is 3.26. The standard InChI is InChI=1S/C17H12BrFN2O4/c1-2-25-17(22)12-8-14(19)16(9-13(12)18)20-6-5-10-7-11(21(23)24)3-4-15(10)20/h3-9H,2H2,1H3. The molecule has 0 radical (unpaired) electrons. The normalized spacial score (nSPS) is 10.8. The van der Waals surface area contributed by atoms with Gasteiger partial charge < -0.3 is 9.30 Å². The molecule has 0 N–H and O–H groups in total. The molecule has 0 bridgehead atoms. The lowest BCUT2D eigenvalue weighted by atomic mass is 10.2. The number of hydrogen-bond acceptors (Lipinski definition) is 4. The van der Waals surface area contributed by atoms with E-state index in [1.807, 2.05) is 0 Å². The van der Waals surface area contributed by atoms with E-state index in [0.29, 0.717) is 15.4 Å². The van der Waals surface area contributed by atoms with Gasteiger partial charge in [0.25, 0.3) is 5.69 Å². The number of esters is 1. The van der Waals surface area contributed by atoms with Crippen molar-refractivity contribution < 1.29 is 18.8 Å². The summed E-state index contributed by atoms with van der Waals surface area (Å²) in [6, 6.07) is 8.58. The summed E-state index contributed by atoms with van der Waals surface area (Å²) in [5, 5.41) is 11.5. The number of ether oxygens (including phenoxy) is 1. The molecule has 0 saturated heterocycles. The van der Waals surface area contributed by atoms with Crippen LogP contribution >= 0.6 is 15.9 Å².